The van der Waals surface area contributed by atoms with Crippen molar-refractivity contribution in [2.24, 2.45) is 11.1 Å². The minimum atomic E-state index is -3.84. The van der Waals surface area contributed by atoms with E-state index in [4.69, 9.17) is 21.5 Å². The predicted octanol–water partition coefficient (Wildman–Crippen LogP) is 1.35. The van der Waals surface area contributed by atoms with Gasteiger partial charge in [0.15, 0.2) is 0 Å². The smallest absolute Gasteiger partial charge is 0.238 e. The maximum absolute atomic E-state index is 12.1. The number of benzene rings is 1. The zero-order chi connectivity index (χ0) is 14.8. The van der Waals surface area contributed by atoms with Crippen molar-refractivity contribution in [3.05, 3.63) is 23.2 Å². The fourth-order valence-electron chi connectivity index (χ4n) is 1.96. The van der Waals surface area contributed by atoms with Crippen molar-refractivity contribution in [3.63, 3.8) is 0 Å². The lowest BCUT2D eigenvalue weighted by Crippen LogP contribution is -2.30. The van der Waals surface area contributed by atoms with Gasteiger partial charge < -0.3 is 10.1 Å². The Morgan fingerprint density at radius 3 is 2.80 bits per heavy atom. The van der Waals surface area contributed by atoms with Gasteiger partial charge in [0.1, 0.15) is 0 Å². The number of rotatable bonds is 3. The van der Waals surface area contributed by atoms with Crippen LogP contribution in [0.25, 0.3) is 0 Å². The molecule has 0 bridgehead atoms. The molecule has 1 heterocycles. The summed E-state index contributed by atoms with van der Waals surface area (Å²) in [6.45, 7) is 1.02. The summed E-state index contributed by atoms with van der Waals surface area (Å²) in [6, 6.07) is 3.92. The van der Waals surface area contributed by atoms with Crippen molar-refractivity contribution in [1.82, 2.24) is 0 Å². The first-order valence-electron chi connectivity index (χ1n) is 6.09. The third kappa shape index (κ3) is 3.69. The summed E-state index contributed by atoms with van der Waals surface area (Å²) >= 11 is 5.95. The minimum Gasteiger partial charge on any atom is -0.381 e. The van der Waals surface area contributed by atoms with Crippen LogP contribution in [0.2, 0.25) is 5.02 Å². The number of halogens is 1. The van der Waals surface area contributed by atoms with Crippen molar-refractivity contribution in [1.29, 1.82) is 0 Å². The fraction of sp³-hybridized carbons (Fsp3) is 0.417. The minimum absolute atomic E-state index is 0.0999. The molecule has 1 aromatic rings. The Morgan fingerprint density at radius 2 is 2.20 bits per heavy atom. The number of anilines is 1. The Morgan fingerprint density at radius 1 is 1.45 bits per heavy atom. The fourth-order valence-corrected chi connectivity index (χ4v) is 2.66. The van der Waals surface area contributed by atoms with Crippen LogP contribution in [-0.2, 0) is 19.6 Å². The highest BCUT2D eigenvalue weighted by Gasteiger charge is 2.22. The van der Waals surface area contributed by atoms with E-state index in [9.17, 15) is 13.2 Å². The Hall–Kier alpha value is -1.15. The monoisotopic (exact) mass is 318 g/mol. The van der Waals surface area contributed by atoms with E-state index in [0.717, 1.165) is 12.8 Å². The Bertz CT molecular complexity index is 612. The highest BCUT2D eigenvalue weighted by molar-refractivity contribution is 7.89. The number of nitrogens with two attached hydrogens (primary N) is 1. The maximum Gasteiger partial charge on any atom is 0.238 e. The Balaban J connectivity index is 2.18. The first-order valence-corrected chi connectivity index (χ1v) is 8.01. The molecule has 0 spiro atoms. The van der Waals surface area contributed by atoms with E-state index in [-0.39, 0.29) is 27.4 Å². The predicted molar refractivity (Wildman–Crippen MR) is 75.0 cm³/mol. The average molecular weight is 319 g/mol. The molecule has 2 rings (SSSR count). The van der Waals surface area contributed by atoms with Crippen LogP contribution in [0.1, 0.15) is 12.8 Å². The second-order valence-corrected chi connectivity index (χ2v) is 6.56. The van der Waals surface area contributed by atoms with E-state index in [1.165, 1.54) is 18.2 Å². The number of carbonyl (C=O) groups excluding carboxylic acids is 1. The molecule has 20 heavy (non-hydrogen) atoms. The lowest BCUT2D eigenvalue weighted by atomic mass is 10.0. The van der Waals surface area contributed by atoms with Crippen LogP contribution in [0.3, 0.4) is 0 Å². The zero-order valence-corrected chi connectivity index (χ0v) is 12.2. The number of nitrogens with one attached hydrogen (secondary N) is 1. The van der Waals surface area contributed by atoms with Gasteiger partial charge in [0.25, 0.3) is 0 Å². The quantitative estimate of drug-likeness (QED) is 0.878. The molecular formula is C12H15ClN2O4S. The number of ether oxygens (including phenoxy) is 1. The Kier molecular flexibility index (Phi) is 4.64. The van der Waals surface area contributed by atoms with Crippen molar-refractivity contribution < 1.29 is 17.9 Å². The SMILES string of the molecule is NS(=O)(=O)c1ccc(Cl)c(NC(=O)C2CCCOC2)c1. The van der Waals surface area contributed by atoms with E-state index in [1.807, 2.05) is 0 Å². The molecule has 1 amide bonds. The Labute approximate surface area is 122 Å². The summed E-state index contributed by atoms with van der Waals surface area (Å²) in [4.78, 5) is 12.0. The number of hydrogen-bond acceptors (Lipinski definition) is 4. The van der Waals surface area contributed by atoms with Gasteiger partial charge in [0, 0.05) is 6.61 Å². The molecule has 0 radical (unpaired) electrons. The number of hydrogen-bond donors (Lipinski definition) is 2. The van der Waals surface area contributed by atoms with E-state index < -0.39 is 10.0 Å². The van der Waals surface area contributed by atoms with Crippen LogP contribution in [0.15, 0.2) is 23.1 Å². The number of sulfonamides is 1. The van der Waals surface area contributed by atoms with Crippen LogP contribution in [0.5, 0.6) is 0 Å². The summed E-state index contributed by atoms with van der Waals surface area (Å²) in [5, 5.41) is 7.92. The molecule has 0 aliphatic carbocycles. The van der Waals surface area contributed by atoms with E-state index in [2.05, 4.69) is 5.32 Å². The number of primary sulfonamides is 1. The molecule has 8 heteroatoms. The largest absolute Gasteiger partial charge is 0.381 e. The summed E-state index contributed by atoms with van der Waals surface area (Å²) in [5.41, 5.74) is 0.230. The molecule has 1 aromatic carbocycles. The van der Waals surface area contributed by atoms with Crippen LogP contribution in [-0.4, -0.2) is 27.5 Å². The highest BCUT2D eigenvalue weighted by atomic mass is 35.5. The first-order chi connectivity index (χ1) is 9.38. The van der Waals surface area contributed by atoms with Crippen molar-refractivity contribution in [2.45, 2.75) is 17.7 Å². The summed E-state index contributed by atoms with van der Waals surface area (Å²) < 4.78 is 27.8. The maximum atomic E-state index is 12.1. The molecule has 1 fully saturated rings. The van der Waals surface area contributed by atoms with E-state index in [1.54, 1.807) is 0 Å². The van der Waals surface area contributed by atoms with Gasteiger partial charge in [-0.1, -0.05) is 11.6 Å². The standard InChI is InChI=1S/C12H15ClN2O4S/c13-10-4-3-9(20(14,17)18)6-11(10)15-12(16)8-2-1-5-19-7-8/h3-4,6,8H,1-2,5,7H2,(H,15,16)(H2,14,17,18). The lowest BCUT2D eigenvalue weighted by molar-refractivity contribution is -0.123. The third-order valence-corrected chi connectivity index (χ3v) is 4.30. The van der Waals surface area contributed by atoms with E-state index >= 15 is 0 Å². The van der Waals surface area contributed by atoms with Crippen molar-refractivity contribution in [3.8, 4) is 0 Å². The molecule has 1 atom stereocenters. The lowest BCUT2D eigenvalue weighted by Gasteiger charge is -2.21. The van der Waals surface area contributed by atoms with Gasteiger partial charge in [-0.25, -0.2) is 13.6 Å². The molecular weight excluding hydrogens is 304 g/mol. The van der Waals surface area contributed by atoms with Crippen molar-refractivity contribution in [2.75, 3.05) is 18.5 Å². The van der Waals surface area contributed by atoms with Crippen molar-refractivity contribution >= 4 is 33.2 Å². The average Bonchev–Trinajstić information content (AvgIpc) is 2.41. The number of amides is 1. The molecule has 1 aliphatic heterocycles. The van der Waals surface area contributed by atoms with Crippen LogP contribution < -0.4 is 10.5 Å². The third-order valence-electron chi connectivity index (χ3n) is 3.06. The van der Waals surface area contributed by atoms with Gasteiger partial charge in [-0.3, -0.25) is 4.79 Å². The first kappa shape index (κ1) is 15.2. The topological polar surface area (TPSA) is 98.5 Å². The highest BCUT2D eigenvalue weighted by Crippen LogP contribution is 2.26. The van der Waals surface area contributed by atoms with E-state index in [0.29, 0.717) is 13.2 Å². The molecule has 3 N–H and O–H groups in total. The molecule has 0 aromatic heterocycles. The zero-order valence-electron chi connectivity index (χ0n) is 10.6. The van der Waals surface area contributed by atoms with Crippen LogP contribution in [0.4, 0.5) is 5.69 Å². The molecule has 1 saturated heterocycles. The molecule has 110 valence electrons. The molecule has 1 aliphatic rings. The normalized spacial score (nSPS) is 19.6. The van der Waals surface area contributed by atoms with Gasteiger partial charge in [0.2, 0.25) is 15.9 Å². The van der Waals surface area contributed by atoms with Gasteiger partial charge in [-0.15, -0.1) is 0 Å². The second-order valence-electron chi connectivity index (χ2n) is 4.59. The molecule has 0 saturated carbocycles. The molecule has 6 nitrogen and oxygen atoms in total. The summed E-state index contributed by atoms with van der Waals surface area (Å²) in [5.74, 6) is -0.490. The van der Waals surface area contributed by atoms with Crippen LogP contribution >= 0.6 is 11.6 Å². The summed E-state index contributed by atoms with van der Waals surface area (Å²) in [6.07, 6.45) is 1.56. The summed E-state index contributed by atoms with van der Waals surface area (Å²) in [7, 11) is -3.84. The van der Waals surface area contributed by atoms with Gasteiger partial charge in [-0.05, 0) is 31.0 Å². The number of carbonyl (C=O) groups is 1. The molecule has 1 unspecified atom stereocenters. The van der Waals surface area contributed by atoms with Gasteiger partial charge in [-0.2, -0.15) is 0 Å². The second kappa shape index (κ2) is 6.09. The van der Waals surface area contributed by atoms with Crippen LogP contribution in [0, 0.1) is 5.92 Å². The van der Waals surface area contributed by atoms with Gasteiger partial charge in [0.05, 0.1) is 28.1 Å². The van der Waals surface area contributed by atoms with Gasteiger partial charge >= 0.3 is 0 Å².